The van der Waals surface area contributed by atoms with Gasteiger partial charge in [0, 0.05) is 5.56 Å². The highest BCUT2D eigenvalue weighted by molar-refractivity contribution is 5.78. The number of aldehydes is 1. The monoisotopic (exact) mass is 280 g/mol. The normalized spacial score (nSPS) is 13.0. The third kappa shape index (κ3) is 4.29. The van der Waals surface area contributed by atoms with Crippen molar-refractivity contribution in [3.63, 3.8) is 0 Å². The Hall–Kier alpha value is -1.89. The third-order valence-electron chi connectivity index (χ3n) is 3.75. The van der Waals surface area contributed by atoms with Gasteiger partial charge in [-0.15, -0.1) is 0 Å². The summed E-state index contributed by atoms with van der Waals surface area (Å²) in [6.07, 6.45) is 2.07. The largest absolute Gasteiger partial charge is 0.298 e. The second-order valence-corrected chi connectivity index (χ2v) is 7.03. The van der Waals surface area contributed by atoms with E-state index in [1.54, 1.807) is 0 Å². The Morgan fingerprint density at radius 1 is 1.00 bits per heavy atom. The molecule has 0 aromatic heterocycles. The molecular formula is C20H24O. The van der Waals surface area contributed by atoms with Crippen LogP contribution in [-0.4, -0.2) is 6.29 Å². The van der Waals surface area contributed by atoms with E-state index >= 15 is 0 Å². The highest BCUT2D eigenvalue weighted by Crippen LogP contribution is 2.31. The zero-order valence-corrected chi connectivity index (χ0v) is 13.4. The van der Waals surface area contributed by atoms with Crippen molar-refractivity contribution < 1.29 is 4.79 Å². The summed E-state index contributed by atoms with van der Waals surface area (Å²) in [7, 11) is 0. The molecule has 0 N–H and O–H groups in total. The lowest BCUT2D eigenvalue weighted by molar-refractivity contribution is 0.112. The van der Waals surface area contributed by atoms with E-state index in [9.17, 15) is 4.79 Å². The maximum Gasteiger partial charge on any atom is 0.150 e. The van der Waals surface area contributed by atoms with Gasteiger partial charge >= 0.3 is 0 Å². The SMILES string of the molecule is CC(CC(C)(C)C)c1ccc(-c2cccc(C=O)c2)cc1. The molecule has 1 nitrogen and oxygen atoms in total. The van der Waals surface area contributed by atoms with Gasteiger partial charge in [-0.05, 0) is 40.5 Å². The minimum Gasteiger partial charge on any atom is -0.298 e. The molecule has 0 saturated carbocycles. The lowest BCUT2D eigenvalue weighted by atomic mass is 9.82. The van der Waals surface area contributed by atoms with E-state index in [2.05, 4.69) is 52.0 Å². The molecular weight excluding hydrogens is 256 g/mol. The Labute approximate surface area is 128 Å². The second kappa shape index (κ2) is 6.26. The molecule has 0 aliphatic heterocycles. The average Bonchev–Trinajstić information content (AvgIpc) is 2.46. The molecule has 2 rings (SSSR count). The molecule has 1 unspecified atom stereocenters. The van der Waals surface area contributed by atoms with Gasteiger partial charge in [-0.1, -0.05) is 70.2 Å². The second-order valence-electron chi connectivity index (χ2n) is 7.03. The molecule has 0 saturated heterocycles. The average molecular weight is 280 g/mol. The zero-order chi connectivity index (χ0) is 15.5. The fourth-order valence-corrected chi connectivity index (χ4v) is 2.83. The summed E-state index contributed by atoms with van der Waals surface area (Å²) in [5.41, 5.74) is 4.69. The Bertz CT molecular complexity index is 602. The van der Waals surface area contributed by atoms with Crippen molar-refractivity contribution in [1.29, 1.82) is 0 Å². The lowest BCUT2D eigenvalue weighted by Crippen LogP contribution is -2.09. The van der Waals surface area contributed by atoms with E-state index in [4.69, 9.17) is 0 Å². The summed E-state index contributed by atoms with van der Waals surface area (Å²) in [5, 5.41) is 0. The zero-order valence-electron chi connectivity index (χ0n) is 13.4. The molecule has 2 aromatic rings. The summed E-state index contributed by atoms with van der Waals surface area (Å²) in [4.78, 5) is 10.9. The minimum atomic E-state index is 0.344. The maximum absolute atomic E-state index is 10.9. The van der Waals surface area contributed by atoms with E-state index in [0.717, 1.165) is 23.0 Å². The van der Waals surface area contributed by atoms with Gasteiger partial charge in [-0.3, -0.25) is 4.79 Å². The standard InChI is InChI=1S/C20H24O/c1-15(13-20(2,3)4)17-8-10-18(11-9-17)19-7-5-6-16(12-19)14-21/h5-12,14-15H,13H2,1-4H3. The molecule has 2 aromatic carbocycles. The van der Waals surface area contributed by atoms with Crippen molar-refractivity contribution in [2.75, 3.05) is 0 Å². The van der Waals surface area contributed by atoms with Crippen molar-refractivity contribution in [3.8, 4) is 11.1 Å². The van der Waals surface area contributed by atoms with Gasteiger partial charge in [0.25, 0.3) is 0 Å². The molecule has 0 radical (unpaired) electrons. The predicted octanol–water partition coefficient (Wildman–Crippen LogP) is 5.71. The first-order valence-electron chi connectivity index (χ1n) is 7.54. The van der Waals surface area contributed by atoms with E-state index in [1.807, 2.05) is 24.3 Å². The van der Waals surface area contributed by atoms with Crippen LogP contribution < -0.4 is 0 Å². The number of hydrogen-bond donors (Lipinski definition) is 0. The van der Waals surface area contributed by atoms with Gasteiger partial charge in [-0.25, -0.2) is 0 Å². The van der Waals surface area contributed by atoms with Crippen molar-refractivity contribution in [3.05, 3.63) is 59.7 Å². The molecule has 0 bridgehead atoms. The molecule has 1 heteroatoms. The molecule has 1 atom stereocenters. The van der Waals surface area contributed by atoms with Crippen molar-refractivity contribution in [2.45, 2.75) is 40.0 Å². The molecule has 0 fully saturated rings. The maximum atomic E-state index is 10.9. The fourth-order valence-electron chi connectivity index (χ4n) is 2.83. The smallest absolute Gasteiger partial charge is 0.150 e. The summed E-state index contributed by atoms with van der Waals surface area (Å²) in [6.45, 7) is 9.13. The number of rotatable bonds is 4. The first-order valence-corrected chi connectivity index (χ1v) is 7.54. The molecule has 0 amide bonds. The van der Waals surface area contributed by atoms with Crippen LogP contribution in [0.25, 0.3) is 11.1 Å². The summed E-state index contributed by atoms with van der Waals surface area (Å²) >= 11 is 0. The minimum absolute atomic E-state index is 0.344. The van der Waals surface area contributed by atoms with E-state index in [-0.39, 0.29) is 0 Å². The summed E-state index contributed by atoms with van der Waals surface area (Å²) in [5.74, 6) is 0.556. The van der Waals surface area contributed by atoms with Gasteiger partial charge in [0.1, 0.15) is 6.29 Å². The van der Waals surface area contributed by atoms with Crippen LogP contribution in [0.4, 0.5) is 0 Å². The van der Waals surface area contributed by atoms with Gasteiger partial charge in [0.05, 0.1) is 0 Å². The first-order chi connectivity index (χ1) is 9.89. The molecule has 110 valence electrons. The molecule has 0 spiro atoms. The highest BCUT2D eigenvalue weighted by Gasteiger charge is 2.16. The Kier molecular flexibility index (Phi) is 4.62. The Morgan fingerprint density at radius 3 is 2.24 bits per heavy atom. The predicted molar refractivity (Wildman–Crippen MR) is 89.8 cm³/mol. The number of carbonyl (C=O) groups excluding carboxylic acids is 1. The van der Waals surface area contributed by atoms with Gasteiger partial charge < -0.3 is 0 Å². The van der Waals surface area contributed by atoms with Gasteiger partial charge in [-0.2, -0.15) is 0 Å². The van der Waals surface area contributed by atoms with Crippen molar-refractivity contribution >= 4 is 6.29 Å². The van der Waals surface area contributed by atoms with Crippen LogP contribution in [0.5, 0.6) is 0 Å². The van der Waals surface area contributed by atoms with E-state index in [1.165, 1.54) is 12.0 Å². The first kappa shape index (κ1) is 15.5. The van der Waals surface area contributed by atoms with Crippen LogP contribution in [-0.2, 0) is 0 Å². The molecule has 0 heterocycles. The lowest BCUT2D eigenvalue weighted by Gasteiger charge is -2.23. The van der Waals surface area contributed by atoms with Crippen LogP contribution >= 0.6 is 0 Å². The van der Waals surface area contributed by atoms with Crippen LogP contribution in [0, 0.1) is 5.41 Å². The Balaban J connectivity index is 2.20. The van der Waals surface area contributed by atoms with Crippen LogP contribution in [0.1, 0.15) is 56.0 Å². The fraction of sp³-hybridized carbons (Fsp3) is 0.350. The molecule has 21 heavy (non-hydrogen) atoms. The molecule has 0 aliphatic carbocycles. The van der Waals surface area contributed by atoms with Crippen LogP contribution in [0.3, 0.4) is 0 Å². The molecule has 0 aliphatic rings. The van der Waals surface area contributed by atoms with Crippen molar-refractivity contribution in [2.24, 2.45) is 5.41 Å². The third-order valence-corrected chi connectivity index (χ3v) is 3.75. The topological polar surface area (TPSA) is 17.1 Å². The van der Waals surface area contributed by atoms with E-state index in [0.29, 0.717) is 11.3 Å². The van der Waals surface area contributed by atoms with Crippen LogP contribution in [0.2, 0.25) is 0 Å². The number of benzene rings is 2. The summed E-state index contributed by atoms with van der Waals surface area (Å²) < 4.78 is 0. The highest BCUT2D eigenvalue weighted by atomic mass is 16.1. The van der Waals surface area contributed by atoms with Gasteiger partial charge in [0.2, 0.25) is 0 Å². The van der Waals surface area contributed by atoms with E-state index < -0.39 is 0 Å². The number of hydrogen-bond acceptors (Lipinski definition) is 1. The van der Waals surface area contributed by atoms with Crippen molar-refractivity contribution in [1.82, 2.24) is 0 Å². The number of carbonyl (C=O) groups is 1. The Morgan fingerprint density at radius 2 is 1.67 bits per heavy atom. The van der Waals surface area contributed by atoms with Gasteiger partial charge in [0.15, 0.2) is 0 Å². The van der Waals surface area contributed by atoms with Crippen LogP contribution in [0.15, 0.2) is 48.5 Å². The quantitative estimate of drug-likeness (QED) is 0.656. The summed E-state index contributed by atoms with van der Waals surface area (Å²) in [6, 6.07) is 16.4.